The van der Waals surface area contributed by atoms with Gasteiger partial charge in [-0.3, -0.25) is 4.79 Å². The molecule has 8 heteroatoms. The van der Waals surface area contributed by atoms with Crippen LogP contribution in [0.3, 0.4) is 0 Å². The third-order valence-electron chi connectivity index (χ3n) is 2.25. The largest absolute Gasteiger partial charge is 0.497 e. The fourth-order valence-corrected chi connectivity index (χ4v) is 1.40. The van der Waals surface area contributed by atoms with Gasteiger partial charge < -0.3 is 20.1 Å². The topological polar surface area (TPSA) is 59.6 Å². The minimum Gasteiger partial charge on any atom is -0.497 e. The van der Waals surface area contributed by atoms with Crippen molar-refractivity contribution in [3.8, 4) is 11.5 Å². The molecule has 0 heterocycles. The third-order valence-corrected chi connectivity index (χ3v) is 2.25. The van der Waals surface area contributed by atoms with Gasteiger partial charge in [0.15, 0.2) is 0 Å². The Morgan fingerprint density at radius 3 is 2.15 bits per heavy atom. The average Bonchev–Trinajstić information content (AvgIpc) is 2.36. The molecule has 1 aromatic rings. The molecule has 0 bridgehead atoms. The number of carbonyl (C=O) groups is 1. The van der Waals surface area contributed by atoms with Crippen LogP contribution in [0.1, 0.15) is 0 Å². The van der Waals surface area contributed by atoms with Crippen molar-refractivity contribution in [1.82, 2.24) is 5.32 Å². The summed E-state index contributed by atoms with van der Waals surface area (Å²) in [6, 6.07) is 4.67. The van der Waals surface area contributed by atoms with Crippen molar-refractivity contribution in [3.63, 3.8) is 0 Å². The Morgan fingerprint density at radius 1 is 1.15 bits per heavy atom. The van der Waals surface area contributed by atoms with E-state index >= 15 is 0 Å². The monoisotopic (exact) mass is 292 g/mol. The van der Waals surface area contributed by atoms with Crippen LogP contribution in [0.15, 0.2) is 18.2 Å². The van der Waals surface area contributed by atoms with E-state index in [1.807, 2.05) is 5.32 Å². The molecule has 112 valence electrons. The first kappa shape index (κ1) is 16.1. The smallest absolute Gasteiger partial charge is 0.401 e. The van der Waals surface area contributed by atoms with Crippen LogP contribution in [0.25, 0.3) is 0 Å². The van der Waals surface area contributed by atoms with Gasteiger partial charge in [-0.05, 0) is 0 Å². The van der Waals surface area contributed by atoms with Gasteiger partial charge in [0.25, 0.3) is 0 Å². The van der Waals surface area contributed by atoms with Crippen LogP contribution in [0.5, 0.6) is 11.5 Å². The Morgan fingerprint density at radius 2 is 1.70 bits per heavy atom. The number of alkyl halides is 3. The lowest BCUT2D eigenvalue weighted by molar-refractivity contribution is -0.126. The summed E-state index contributed by atoms with van der Waals surface area (Å²) in [6.45, 7) is -1.67. The molecule has 0 unspecified atom stereocenters. The molecule has 0 saturated heterocycles. The van der Waals surface area contributed by atoms with E-state index in [9.17, 15) is 18.0 Å². The number of rotatable bonds is 6. The summed E-state index contributed by atoms with van der Waals surface area (Å²) in [6.07, 6.45) is -4.35. The van der Waals surface area contributed by atoms with Gasteiger partial charge in [0.05, 0.1) is 27.3 Å². The molecule has 0 aliphatic heterocycles. The molecule has 1 aromatic carbocycles. The summed E-state index contributed by atoms with van der Waals surface area (Å²) in [5.41, 5.74) is 0.375. The zero-order valence-electron chi connectivity index (χ0n) is 11.0. The lowest BCUT2D eigenvalue weighted by atomic mass is 10.2. The van der Waals surface area contributed by atoms with Gasteiger partial charge in [-0.1, -0.05) is 0 Å². The molecule has 0 saturated carbocycles. The van der Waals surface area contributed by atoms with Gasteiger partial charge in [0, 0.05) is 23.9 Å². The Bertz CT molecular complexity index is 442. The Hall–Kier alpha value is -1.96. The van der Waals surface area contributed by atoms with E-state index in [2.05, 4.69) is 5.32 Å². The Kier molecular flexibility index (Phi) is 5.63. The molecular weight excluding hydrogens is 277 g/mol. The number of amides is 1. The van der Waals surface area contributed by atoms with Gasteiger partial charge in [-0.25, -0.2) is 0 Å². The van der Waals surface area contributed by atoms with Crippen LogP contribution >= 0.6 is 0 Å². The van der Waals surface area contributed by atoms with E-state index in [0.29, 0.717) is 17.2 Å². The summed E-state index contributed by atoms with van der Waals surface area (Å²) in [7, 11) is 2.90. The highest BCUT2D eigenvalue weighted by molar-refractivity contribution is 5.92. The molecule has 1 amide bonds. The number of anilines is 1. The van der Waals surface area contributed by atoms with E-state index in [1.54, 1.807) is 6.07 Å². The van der Waals surface area contributed by atoms with Gasteiger partial charge in [-0.2, -0.15) is 13.2 Å². The molecule has 0 radical (unpaired) electrons. The first-order chi connectivity index (χ1) is 9.34. The maximum Gasteiger partial charge on any atom is 0.401 e. The van der Waals surface area contributed by atoms with Crippen molar-refractivity contribution in [2.75, 3.05) is 32.6 Å². The summed E-state index contributed by atoms with van der Waals surface area (Å²) in [5, 5.41) is 4.45. The highest BCUT2D eigenvalue weighted by Crippen LogP contribution is 2.25. The van der Waals surface area contributed by atoms with E-state index in [1.165, 1.54) is 26.4 Å². The molecule has 2 N–H and O–H groups in total. The van der Waals surface area contributed by atoms with Crippen LogP contribution in [-0.4, -0.2) is 39.4 Å². The second-order valence-electron chi connectivity index (χ2n) is 3.87. The van der Waals surface area contributed by atoms with E-state index in [0.717, 1.165) is 0 Å². The van der Waals surface area contributed by atoms with Crippen LogP contribution in [-0.2, 0) is 4.79 Å². The highest BCUT2D eigenvalue weighted by Gasteiger charge is 2.26. The second kappa shape index (κ2) is 6.99. The van der Waals surface area contributed by atoms with Crippen LogP contribution in [0, 0.1) is 0 Å². The summed E-state index contributed by atoms with van der Waals surface area (Å²) in [5.74, 6) is 0.329. The first-order valence-electron chi connectivity index (χ1n) is 5.64. The molecule has 5 nitrogen and oxygen atoms in total. The van der Waals surface area contributed by atoms with Crippen molar-refractivity contribution in [1.29, 1.82) is 0 Å². The molecule has 1 rings (SSSR count). The number of methoxy groups -OCH3 is 2. The van der Waals surface area contributed by atoms with Crippen LogP contribution in [0.2, 0.25) is 0 Å². The average molecular weight is 292 g/mol. The SMILES string of the molecule is COc1cc(NC(=O)CNCC(F)(F)F)cc(OC)c1. The lowest BCUT2D eigenvalue weighted by Crippen LogP contribution is -2.35. The summed E-state index contributed by atoms with van der Waals surface area (Å²) >= 11 is 0. The molecule has 0 spiro atoms. The number of halogens is 3. The molecule has 0 atom stereocenters. The van der Waals surface area contributed by atoms with E-state index < -0.39 is 25.2 Å². The fraction of sp³-hybridized carbons (Fsp3) is 0.417. The maximum absolute atomic E-state index is 11.9. The van der Waals surface area contributed by atoms with Crippen molar-refractivity contribution in [2.45, 2.75) is 6.18 Å². The third kappa shape index (κ3) is 5.79. The quantitative estimate of drug-likeness (QED) is 0.839. The van der Waals surface area contributed by atoms with Gasteiger partial charge in [0.2, 0.25) is 5.91 Å². The van der Waals surface area contributed by atoms with Gasteiger partial charge in [0.1, 0.15) is 11.5 Å². The minimum atomic E-state index is -4.35. The van der Waals surface area contributed by atoms with Crippen molar-refractivity contribution in [2.24, 2.45) is 0 Å². The van der Waals surface area contributed by atoms with Gasteiger partial charge in [-0.15, -0.1) is 0 Å². The normalized spacial score (nSPS) is 11.1. The number of carbonyl (C=O) groups excluding carboxylic acids is 1. The zero-order valence-corrected chi connectivity index (χ0v) is 11.0. The number of benzene rings is 1. The van der Waals surface area contributed by atoms with Crippen LogP contribution < -0.4 is 20.1 Å². The molecule has 0 aliphatic carbocycles. The molecule has 0 aliphatic rings. The first-order valence-corrected chi connectivity index (χ1v) is 5.64. The second-order valence-corrected chi connectivity index (χ2v) is 3.87. The molecule has 20 heavy (non-hydrogen) atoms. The Balaban J connectivity index is 2.57. The highest BCUT2D eigenvalue weighted by atomic mass is 19.4. The van der Waals surface area contributed by atoms with E-state index in [-0.39, 0.29) is 0 Å². The number of hydrogen-bond acceptors (Lipinski definition) is 4. The molecule has 0 fully saturated rings. The Labute approximate surface area is 114 Å². The minimum absolute atomic E-state index is 0.375. The van der Waals surface area contributed by atoms with E-state index in [4.69, 9.17) is 9.47 Å². The molecule has 0 aromatic heterocycles. The number of hydrogen-bond donors (Lipinski definition) is 2. The standard InChI is InChI=1S/C12H15F3N2O3/c1-19-9-3-8(4-10(5-9)20-2)17-11(18)6-16-7-12(13,14)15/h3-5,16H,6-7H2,1-2H3,(H,17,18). The number of nitrogens with one attached hydrogen (secondary N) is 2. The summed E-state index contributed by atoms with van der Waals surface area (Å²) < 4.78 is 45.7. The van der Waals surface area contributed by atoms with Crippen molar-refractivity contribution < 1.29 is 27.4 Å². The molecular formula is C12H15F3N2O3. The predicted octanol–water partition coefficient (Wildman–Crippen LogP) is 1.79. The lowest BCUT2D eigenvalue weighted by Gasteiger charge is -2.11. The summed E-state index contributed by atoms with van der Waals surface area (Å²) in [4.78, 5) is 11.5. The zero-order chi connectivity index (χ0) is 15.2. The van der Waals surface area contributed by atoms with Gasteiger partial charge >= 0.3 is 6.18 Å². The predicted molar refractivity (Wildman–Crippen MR) is 67.1 cm³/mol. The fourth-order valence-electron chi connectivity index (χ4n) is 1.40. The van der Waals surface area contributed by atoms with Crippen molar-refractivity contribution in [3.05, 3.63) is 18.2 Å². The van der Waals surface area contributed by atoms with Crippen LogP contribution in [0.4, 0.5) is 18.9 Å². The maximum atomic E-state index is 11.9. The number of ether oxygens (including phenoxy) is 2. The van der Waals surface area contributed by atoms with Crippen molar-refractivity contribution >= 4 is 11.6 Å².